The summed E-state index contributed by atoms with van der Waals surface area (Å²) in [5, 5.41) is 4.34. The fraction of sp³-hybridized carbons (Fsp3) is 0.125. The number of carbonyl (C=O) groups excluding carboxylic acids is 3. The highest BCUT2D eigenvalue weighted by atomic mass is 19.4. The van der Waals surface area contributed by atoms with Crippen molar-refractivity contribution >= 4 is 29.0 Å². The first-order valence-electron chi connectivity index (χ1n) is 9.85. The van der Waals surface area contributed by atoms with Gasteiger partial charge in [0.15, 0.2) is 12.4 Å². The lowest BCUT2D eigenvalue weighted by Gasteiger charge is -2.16. The summed E-state index contributed by atoms with van der Waals surface area (Å²) in [6.45, 7) is 0.806. The van der Waals surface area contributed by atoms with Gasteiger partial charge in [0.1, 0.15) is 11.6 Å². The minimum Gasteiger partial charge on any atom is -0.484 e. The molecule has 0 atom stereocenters. The van der Waals surface area contributed by atoms with Gasteiger partial charge in [-0.05, 0) is 61.5 Å². The Morgan fingerprint density at radius 2 is 1.59 bits per heavy atom. The lowest BCUT2D eigenvalue weighted by atomic mass is 10.1. The summed E-state index contributed by atoms with van der Waals surface area (Å²) >= 11 is 0. The zero-order chi connectivity index (χ0) is 24.9. The van der Waals surface area contributed by atoms with Crippen molar-refractivity contribution in [2.24, 2.45) is 0 Å². The number of hydrogen-bond donors (Lipinski definition) is 2. The van der Waals surface area contributed by atoms with Gasteiger partial charge in [-0.25, -0.2) is 4.39 Å². The SMILES string of the molecule is CC(=O)c1ccc(OCC(=O)Nc2ccc(NC(=O)c3ccccc3F)cc2C(F)(F)F)cc1. The number of benzene rings is 3. The number of hydrogen-bond acceptors (Lipinski definition) is 4. The van der Waals surface area contributed by atoms with Crippen LogP contribution in [0, 0.1) is 5.82 Å². The second kappa shape index (κ2) is 10.2. The Hall–Kier alpha value is -4.21. The van der Waals surface area contributed by atoms with Crippen LogP contribution in [0.2, 0.25) is 0 Å². The van der Waals surface area contributed by atoms with Gasteiger partial charge in [-0.1, -0.05) is 12.1 Å². The van der Waals surface area contributed by atoms with Gasteiger partial charge in [-0.2, -0.15) is 13.2 Å². The molecule has 0 bridgehead atoms. The molecule has 0 aliphatic rings. The quantitative estimate of drug-likeness (QED) is 0.359. The topological polar surface area (TPSA) is 84.5 Å². The lowest BCUT2D eigenvalue weighted by Crippen LogP contribution is -2.22. The number of rotatable bonds is 7. The van der Waals surface area contributed by atoms with Gasteiger partial charge < -0.3 is 15.4 Å². The Bertz CT molecular complexity index is 1220. The number of nitrogens with one attached hydrogen (secondary N) is 2. The number of carbonyl (C=O) groups is 3. The largest absolute Gasteiger partial charge is 0.484 e. The number of alkyl halides is 3. The Kier molecular flexibility index (Phi) is 7.30. The molecular formula is C24H18F4N2O4. The molecule has 0 aliphatic heterocycles. The van der Waals surface area contributed by atoms with Gasteiger partial charge in [0.2, 0.25) is 0 Å². The number of amides is 2. The molecule has 3 rings (SSSR count). The van der Waals surface area contributed by atoms with Crippen LogP contribution < -0.4 is 15.4 Å². The first-order valence-corrected chi connectivity index (χ1v) is 9.85. The summed E-state index contributed by atoms with van der Waals surface area (Å²) in [6, 6.07) is 13.7. The molecule has 10 heteroatoms. The smallest absolute Gasteiger partial charge is 0.418 e. The Morgan fingerprint density at radius 3 is 2.21 bits per heavy atom. The first-order chi connectivity index (χ1) is 16.0. The molecule has 0 saturated heterocycles. The molecule has 2 amide bonds. The third kappa shape index (κ3) is 6.18. The Morgan fingerprint density at radius 1 is 0.912 bits per heavy atom. The van der Waals surface area contributed by atoms with E-state index in [9.17, 15) is 31.9 Å². The zero-order valence-corrected chi connectivity index (χ0v) is 17.7. The van der Waals surface area contributed by atoms with E-state index in [-0.39, 0.29) is 22.8 Å². The van der Waals surface area contributed by atoms with E-state index in [2.05, 4.69) is 10.6 Å². The van der Waals surface area contributed by atoms with Crippen LogP contribution in [0.5, 0.6) is 5.75 Å². The Balaban J connectivity index is 1.71. The van der Waals surface area contributed by atoms with Crippen molar-refractivity contribution in [1.29, 1.82) is 0 Å². The lowest BCUT2D eigenvalue weighted by molar-refractivity contribution is -0.137. The Labute approximate surface area is 191 Å². The van der Waals surface area contributed by atoms with Crippen LogP contribution in [0.15, 0.2) is 66.7 Å². The van der Waals surface area contributed by atoms with Gasteiger partial charge in [-0.3, -0.25) is 14.4 Å². The molecular weight excluding hydrogens is 456 g/mol. The van der Waals surface area contributed by atoms with E-state index in [1.165, 1.54) is 49.4 Å². The van der Waals surface area contributed by atoms with E-state index in [1.807, 2.05) is 0 Å². The van der Waals surface area contributed by atoms with Gasteiger partial charge in [0.05, 0.1) is 16.8 Å². The predicted molar refractivity (Wildman–Crippen MR) is 116 cm³/mol. The molecule has 176 valence electrons. The molecule has 0 radical (unpaired) electrons. The molecule has 3 aromatic rings. The number of ether oxygens (including phenoxy) is 1. The number of anilines is 2. The molecule has 0 heterocycles. The molecule has 0 aliphatic carbocycles. The summed E-state index contributed by atoms with van der Waals surface area (Å²) in [5.41, 5.74) is -1.88. The van der Waals surface area contributed by atoms with Crippen LogP contribution in [-0.2, 0) is 11.0 Å². The van der Waals surface area contributed by atoms with E-state index in [1.54, 1.807) is 0 Å². The standard InChI is InChI=1S/C24H18F4N2O4/c1-14(31)15-6-9-17(10-7-15)34-13-22(32)30-21-11-8-16(12-19(21)24(26,27)28)29-23(33)18-4-2-3-5-20(18)25/h2-12H,13H2,1H3,(H,29,33)(H,30,32). The van der Waals surface area contributed by atoms with Crippen molar-refractivity contribution in [3.05, 3.63) is 89.2 Å². The minimum atomic E-state index is -4.86. The summed E-state index contributed by atoms with van der Waals surface area (Å²) < 4.78 is 59.7. The molecule has 0 fully saturated rings. The van der Waals surface area contributed by atoms with Crippen LogP contribution in [0.25, 0.3) is 0 Å². The van der Waals surface area contributed by atoms with Crippen molar-refractivity contribution in [3.63, 3.8) is 0 Å². The molecule has 3 aromatic carbocycles. The summed E-state index contributed by atoms with van der Waals surface area (Å²) in [4.78, 5) is 35.6. The fourth-order valence-electron chi connectivity index (χ4n) is 2.93. The van der Waals surface area contributed by atoms with Crippen molar-refractivity contribution < 1.29 is 36.7 Å². The molecule has 0 spiro atoms. The maximum atomic E-state index is 13.8. The summed E-state index contributed by atoms with van der Waals surface area (Å²) in [6.07, 6.45) is -4.86. The average Bonchev–Trinajstić information content (AvgIpc) is 2.78. The molecule has 0 unspecified atom stereocenters. The van der Waals surface area contributed by atoms with Crippen molar-refractivity contribution in [3.8, 4) is 5.75 Å². The van der Waals surface area contributed by atoms with E-state index >= 15 is 0 Å². The zero-order valence-electron chi connectivity index (χ0n) is 17.7. The highest BCUT2D eigenvalue weighted by Crippen LogP contribution is 2.36. The minimum absolute atomic E-state index is 0.155. The van der Waals surface area contributed by atoms with Gasteiger partial charge >= 0.3 is 6.18 Å². The normalized spacial score (nSPS) is 11.0. The van der Waals surface area contributed by atoms with Gasteiger partial charge in [-0.15, -0.1) is 0 Å². The fourth-order valence-corrected chi connectivity index (χ4v) is 2.93. The van der Waals surface area contributed by atoms with Crippen molar-refractivity contribution in [2.45, 2.75) is 13.1 Å². The predicted octanol–water partition coefficient (Wildman–Crippen LogP) is 5.32. The molecule has 2 N–H and O–H groups in total. The van der Waals surface area contributed by atoms with Crippen molar-refractivity contribution in [2.75, 3.05) is 17.2 Å². The van der Waals surface area contributed by atoms with Crippen LogP contribution in [0.1, 0.15) is 33.2 Å². The number of Topliss-reactive ketones (excluding diaryl/α,β-unsaturated/α-hetero) is 1. The van der Waals surface area contributed by atoms with Gasteiger partial charge in [0, 0.05) is 11.3 Å². The van der Waals surface area contributed by atoms with Crippen molar-refractivity contribution in [1.82, 2.24) is 0 Å². The number of ketones is 1. The molecule has 6 nitrogen and oxygen atoms in total. The van der Waals surface area contributed by atoms with E-state index < -0.39 is 41.7 Å². The monoisotopic (exact) mass is 474 g/mol. The summed E-state index contributed by atoms with van der Waals surface area (Å²) in [5.74, 6) is -2.51. The third-order valence-electron chi connectivity index (χ3n) is 4.61. The molecule has 0 aromatic heterocycles. The van der Waals surface area contributed by atoms with Crippen LogP contribution in [0.3, 0.4) is 0 Å². The van der Waals surface area contributed by atoms with Crippen LogP contribution in [0.4, 0.5) is 28.9 Å². The van der Waals surface area contributed by atoms with E-state index in [4.69, 9.17) is 4.74 Å². The third-order valence-corrected chi connectivity index (χ3v) is 4.61. The maximum Gasteiger partial charge on any atom is 0.418 e. The summed E-state index contributed by atoms with van der Waals surface area (Å²) in [7, 11) is 0. The highest BCUT2D eigenvalue weighted by molar-refractivity contribution is 6.04. The first kappa shape index (κ1) is 24.4. The van der Waals surface area contributed by atoms with E-state index in [0.29, 0.717) is 11.6 Å². The van der Waals surface area contributed by atoms with E-state index in [0.717, 1.165) is 18.2 Å². The van der Waals surface area contributed by atoms with Gasteiger partial charge in [0.25, 0.3) is 11.8 Å². The molecule has 0 saturated carbocycles. The number of halogens is 4. The van der Waals surface area contributed by atoms with Crippen LogP contribution in [-0.4, -0.2) is 24.2 Å². The average molecular weight is 474 g/mol. The maximum absolute atomic E-state index is 13.8. The second-order valence-electron chi connectivity index (χ2n) is 7.11. The second-order valence-corrected chi connectivity index (χ2v) is 7.11. The van der Waals surface area contributed by atoms with Crippen LogP contribution >= 0.6 is 0 Å². The molecule has 34 heavy (non-hydrogen) atoms. The highest BCUT2D eigenvalue weighted by Gasteiger charge is 2.34.